The Balaban J connectivity index is 1.46. The number of hydrogen-bond donors (Lipinski definition) is 1. The lowest BCUT2D eigenvalue weighted by molar-refractivity contribution is 0.353. The van der Waals surface area contributed by atoms with Gasteiger partial charge in [0, 0.05) is 39.2 Å². The standard InChI is InChI=1S/C40H33NO2P2S/c42-44(32-20-8-2-9-21-32,33-22-10-3-11-23-33)40(31-18-6-1-7-19-31)39-30-37(36-28-16-17-29-38(36)43-39)41-45(46,34-24-12-4-13-25-34)35-26-14-5-15-27-35/h1-29,37H,30H2,(H,41,46)/b40-39+. The van der Waals surface area contributed by atoms with E-state index in [0.717, 1.165) is 38.1 Å². The molecular weight excluding hydrogens is 620 g/mol. The zero-order chi connectivity index (χ0) is 31.4. The first-order valence-corrected chi connectivity index (χ1v) is 19.8. The molecule has 0 spiro atoms. The van der Waals surface area contributed by atoms with Crippen molar-refractivity contribution in [3.63, 3.8) is 0 Å². The molecule has 0 saturated heterocycles. The molecule has 6 aromatic carbocycles. The van der Waals surface area contributed by atoms with Gasteiger partial charge in [0.05, 0.1) is 11.5 Å². The van der Waals surface area contributed by atoms with Crippen LogP contribution >= 0.6 is 13.3 Å². The Morgan fingerprint density at radius 3 is 1.48 bits per heavy atom. The summed E-state index contributed by atoms with van der Waals surface area (Å²) in [5.74, 6) is 1.42. The highest BCUT2D eigenvalue weighted by molar-refractivity contribution is 8.20. The number of fused-ring (bicyclic) bond motifs is 1. The third-order valence-electron chi connectivity index (χ3n) is 8.36. The molecule has 7 rings (SSSR count). The van der Waals surface area contributed by atoms with E-state index < -0.39 is 13.3 Å². The van der Waals surface area contributed by atoms with E-state index in [2.05, 4.69) is 35.4 Å². The van der Waals surface area contributed by atoms with Crippen molar-refractivity contribution in [3.05, 3.63) is 193 Å². The van der Waals surface area contributed by atoms with Crippen LogP contribution in [0.1, 0.15) is 23.6 Å². The topological polar surface area (TPSA) is 38.3 Å². The summed E-state index contributed by atoms with van der Waals surface area (Å²) < 4.78 is 22.8. The first kappa shape index (κ1) is 30.4. The van der Waals surface area contributed by atoms with Gasteiger partial charge in [0.15, 0.2) is 7.14 Å². The summed E-state index contributed by atoms with van der Waals surface area (Å²) in [6.45, 7) is 0. The molecule has 0 fully saturated rings. The third kappa shape index (κ3) is 5.75. The first-order valence-electron chi connectivity index (χ1n) is 15.3. The number of para-hydroxylation sites is 1. The minimum atomic E-state index is -3.42. The van der Waals surface area contributed by atoms with Gasteiger partial charge in [-0.3, -0.25) is 5.09 Å². The van der Waals surface area contributed by atoms with Crippen LogP contribution in [0.25, 0.3) is 5.31 Å². The van der Waals surface area contributed by atoms with Gasteiger partial charge < -0.3 is 9.30 Å². The molecule has 0 aromatic heterocycles. The Morgan fingerprint density at radius 2 is 0.978 bits per heavy atom. The normalized spacial score (nSPS) is 15.8. The predicted octanol–water partition coefficient (Wildman–Crippen LogP) is 8.53. The molecule has 6 heteroatoms. The van der Waals surface area contributed by atoms with Crippen molar-refractivity contribution in [2.75, 3.05) is 0 Å². The van der Waals surface area contributed by atoms with E-state index in [1.165, 1.54) is 0 Å². The van der Waals surface area contributed by atoms with Crippen molar-refractivity contribution >= 4 is 51.7 Å². The second-order valence-corrected chi connectivity index (χ2v) is 18.1. The smallest absolute Gasteiger partial charge is 0.174 e. The van der Waals surface area contributed by atoms with Crippen LogP contribution in [0.2, 0.25) is 0 Å². The van der Waals surface area contributed by atoms with Crippen molar-refractivity contribution in [2.24, 2.45) is 0 Å². The van der Waals surface area contributed by atoms with E-state index in [9.17, 15) is 0 Å². The van der Waals surface area contributed by atoms with Crippen LogP contribution in [-0.2, 0) is 16.4 Å². The molecule has 0 aliphatic carbocycles. The number of benzene rings is 6. The van der Waals surface area contributed by atoms with Crippen molar-refractivity contribution in [1.29, 1.82) is 0 Å². The lowest BCUT2D eigenvalue weighted by Gasteiger charge is -2.36. The highest BCUT2D eigenvalue weighted by Crippen LogP contribution is 2.60. The molecule has 0 amide bonds. The Morgan fingerprint density at radius 1 is 0.565 bits per heavy atom. The quantitative estimate of drug-likeness (QED) is 0.167. The summed E-state index contributed by atoms with van der Waals surface area (Å²) in [7, 11) is -3.42. The largest absolute Gasteiger partial charge is 0.460 e. The van der Waals surface area contributed by atoms with Gasteiger partial charge in [-0.15, -0.1) is 0 Å². The average molecular weight is 654 g/mol. The van der Waals surface area contributed by atoms with Crippen LogP contribution < -0.4 is 31.0 Å². The molecule has 1 heterocycles. The fraction of sp³-hybridized carbons (Fsp3) is 0.0500. The Kier molecular flexibility index (Phi) is 8.71. The molecule has 46 heavy (non-hydrogen) atoms. The van der Waals surface area contributed by atoms with Crippen molar-refractivity contribution < 1.29 is 9.30 Å². The van der Waals surface area contributed by atoms with Gasteiger partial charge in [0.25, 0.3) is 0 Å². The molecular formula is C40H33NO2P2S. The van der Waals surface area contributed by atoms with E-state index in [1.54, 1.807) is 0 Å². The maximum atomic E-state index is 16.0. The van der Waals surface area contributed by atoms with E-state index in [-0.39, 0.29) is 6.04 Å². The number of ether oxygens (including phenoxy) is 1. The molecule has 1 unspecified atom stereocenters. The van der Waals surface area contributed by atoms with Crippen molar-refractivity contribution in [3.8, 4) is 5.75 Å². The molecule has 0 radical (unpaired) electrons. The summed E-state index contributed by atoms with van der Waals surface area (Å²) >= 11 is 6.66. The molecule has 0 bridgehead atoms. The third-order valence-corrected chi connectivity index (χ3v) is 15.9. The van der Waals surface area contributed by atoms with Gasteiger partial charge in [-0.2, -0.15) is 0 Å². The fourth-order valence-corrected chi connectivity index (χ4v) is 12.7. The van der Waals surface area contributed by atoms with E-state index in [4.69, 9.17) is 16.5 Å². The second kappa shape index (κ2) is 13.2. The zero-order valence-corrected chi connectivity index (χ0v) is 27.8. The Labute approximate surface area is 276 Å². The summed E-state index contributed by atoms with van der Waals surface area (Å²) in [6, 6.07) is 58.3. The highest BCUT2D eigenvalue weighted by Gasteiger charge is 2.39. The van der Waals surface area contributed by atoms with Crippen LogP contribution in [0.5, 0.6) is 5.75 Å². The molecule has 1 N–H and O–H groups in total. The summed E-state index contributed by atoms with van der Waals surface area (Å²) in [5, 5.41) is 8.42. The lowest BCUT2D eigenvalue weighted by atomic mass is 9.99. The van der Waals surface area contributed by atoms with Gasteiger partial charge >= 0.3 is 0 Å². The van der Waals surface area contributed by atoms with Gasteiger partial charge in [-0.1, -0.05) is 182 Å². The molecule has 1 aliphatic heterocycles. The average Bonchev–Trinajstić information content (AvgIpc) is 3.13. The lowest BCUT2D eigenvalue weighted by Crippen LogP contribution is -2.33. The number of nitrogens with one attached hydrogen (secondary N) is 1. The molecule has 1 atom stereocenters. The molecule has 226 valence electrons. The predicted molar refractivity (Wildman–Crippen MR) is 197 cm³/mol. The molecule has 3 nitrogen and oxygen atoms in total. The van der Waals surface area contributed by atoms with Crippen LogP contribution in [-0.4, -0.2) is 0 Å². The molecule has 0 saturated carbocycles. The van der Waals surface area contributed by atoms with Gasteiger partial charge in [0.2, 0.25) is 0 Å². The Bertz CT molecular complexity index is 1980. The van der Waals surface area contributed by atoms with E-state index in [0.29, 0.717) is 17.5 Å². The van der Waals surface area contributed by atoms with Crippen molar-refractivity contribution in [1.82, 2.24) is 5.09 Å². The molecule has 6 aromatic rings. The minimum absolute atomic E-state index is 0.190. The zero-order valence-electron chi connectivity index (χ0n) is 25.1. The fourth-order valence-electron chi connectivity index (χ4n) is 6.18. The number of hydrogen-bond acceptors (Lipinski definition) is 3. The first-order chi connectivity index (χ1) is 22.6. The summed E-state index contributed by atoms with van der Waals surface area (Å²) in [4.78, 5) is 0. The van der Waals surface area contributed by atoms with Gasteiger partial charge in [0.1, 0.15) is 11.5 Å². The van der Waals surface area contributed by atoms with E-state index >= 15 is 4.57 Å². The van der Waals surface area contributed by atoms with Crippen LogP contribution in [0.3, 0.4) is 0 Å². The second-order valence-electron chi connectivity index (χ2n) is 11.2. The van der Waals surface area contributed by atoms with E-state index in [1.807, 2.05) is 146 Å². The highest BCUT2D eigenvalue weighted by atomic mass is 32.4. The molecule has 1 aliphatic rings. The summed E-state index contributed by atoms with van der Waals surface area (Å²) in [6.07, 6.45) is -2.02. The summed E-state index contributed by atoms with van der Waals surface area (Å²) in [5.41, 5.74) is 1.91. The Hall–Kier alpha value is -4.30. The van der Waals surface area contributed by atoms with Gasteiger partial charge in [-0.25, -0.2) is 0 Å². The van der Waals surface area contributed by atoms with Crippen LogP contribution in [0.15, 0.2) is 182 Å². The number of rotatable bonds is 8. The van der Waals surface area contributed by atoms with Gasteiger partial charge in [-0.05, 0) is 11.6 Å². The maximum Gasteiger partial charge on any atom is 0.174 e. The van der Waals surface area contributed by atoms with Crippen LogP contribution in [0.4, 0.5) is 0 Å². The van der Waals surface area contributed by atoms with Crippen LogP contribution in [0, 0.1) is 0 Å². The minimum Gasteiger partial charge on any atom is -0.460 e. The SMILES string of the molecule is O=P(/C(=C1\CC(NP(=S)(c2ccccc2)c2ccccc2)c2ccccc2O1)c1ccccc1)(c1ccccc1)c1ccccc1. The van der Waals surface area contributed by atoms with Crippen molar-refractivity contribution in [2.45, 2.75) is 12.5 Å². The maximum absolute atomic E-state index is 16.0. The monoisotopic (exact) mass is 653 g/mol.